The van der Waals surface area contributed by atoms with Gasteiger partial charge in [-0.1, -0.05) is 20.8 Å². The Morgan fingerprint density at radius 2 is 1.65 bits per heavy atom. The Morgan fingerprint density at radius 1 is 1.12 bits per heavy atom. The van der Waals surface area contributed by atoms with Crippen LogP contribution in [-0.2, 0) is 4.79 Å². The zero-order valence-electron chi connectivity index (χ0n) is 11.7. The Bertz CT molecular complexity index is 224. The quantitative estimate of drug-likeness (QED) is 0.763. The van der Waals surface area contributed by atoms with Gasteiger partial charge in [0.2, 0.25) is 5.91 Å². The van der Waals surface area contributed by atoms with Crippen LogP contribution >= 0.6 is 0 Å². The monoisotopic (exact) mass is 240 g/mol. The highest BCUT2D eigenvalue weighted by Crippen LogP contribution is 2.39. The van der Waals surface area contributed by atoms with Gasteiger partial charge in [0.05, 0.1) is 0 Å². The van der Waals surface area contributed by atoms with Crippen LogP contribution in [0.1, 0.15) is 52.9 Å². The van der Waals surface area contributed by atoms with Crippen molar-refractivity contribution in [3.63, 3.8) is 0 Å². The highest BCUT2D eigenvalue weighted by atomic mass is 16.2. The van der Waals surface area contributed by atoms with Crippen molar-refractivity contribution >= 4 is 5.91 Å². The lowest BCUT2D eigenvalue weighted by Gasteiger charge is -2.44. The van der Waals surface area contributed by atoms with E-state index >= 15 is 0 Å². The van der Waals surface area contributed by atoms with Crippen molar-refractivity contribution in [1.29, 1.82) is 0 Å². The van der Waals surface area contributed by atoms with Crippen LogP contribution in [0.25, 0.3) is 0 Å². The molecule has 0 aromatic rings. The van der Waals surface area contributed by atoms with E-state index in [2.05, 4.69) is 5.32 Å². The van der Waals surface area contributed by atoms with Crippen LogP contribution in [0.3, 0.4) is 0 Å². The summed E-state index contributed by atoms with van der Waals surface area (Å²) in [7, 11) is 0. The van der Waals surface area contributed by atoms with Gasteiger partial charge in [-0.2, -0.15) is 0 Å². The first-order chi connectivity index (χ1) is 8.26. The minimum absolute atomic E-state index is 0.332. The highest BCUT2D eigenvalue weighted by molar-refractivity contribution is 5.75. The fraction of sp³-hybridized carbons (Fsp3) is 0.929. The summed E-state index contributed by atoms with van der Waals surface area (Å²) in [6, 6.07) is 0. The highest BCUT2D eigenvalue weighted by Gasteiger charge is 2.36. The van der Waals surface area contributed by atoms with Crippen molar-refractivity contribution in [3.8, 4) is 0 Å². The third-order valence-corrected chi connectivity index (χ3v) is 4.14. The average molecular weight is 240 g/mol. The van der Waals surface area contributed by atoms with Gasteiger partial charge in [-0.3, -0.25) is 4.79 Å². The summed E-state index contributed by atoms with van der Waals surface area (Å²) >= 11 is 0. The normalized spacial score (nSPS) is 22.9. The molecule has 2 heterocycles. The van der Waals surface area contributed by atoms with Crippen LogP contribution in [0.5, 0.6) is 0 Å². The number of piperidine rings is 2. The minimum Gasteiger partial charge on any atom is -0.343 e. The summed E-state index contributed by atoms with van der Waals surface area (Å²) in [6.07, 6.45) is 5.72. The fourth-order valence-corrected chi connectivity index (χ4v) is 2.91. The number of nitrogens with zero attached hydrogens (tertiary/aromatic N) is 1. The summed E-state index contributed by atoms with van der Waals surface area (Å²) in [4.78, 5) is 13.6. The van der Waals surface area contributed by atoms with Gasteiger partial charge in [-0.25, -0.2) is 0 Å². The number of carbonyl (C=O) groups excluding carboxylic acids is 1. The maximum absolute atomic E-state index is 11.6. The Balaban J connectivity index is 0.000000686. The molecule has 0 radical (unpaired) electrons. The molecule has 2 saturated heterocycles. The van der Waals surface area contributed by atoms with Crippen LogP contribution in [-0.4, -0.2) is 37.0 Å². The number of hydrogen-bond acceptors (Lipinski definition) is 2. The third kappa shape index (κ3) is 3.70. The lowest BCUT2D eigenvalue weighted by molar-refractivity contribution is -0.133. The van der Waals surface area contributed by atoms with Crippen LogP contribution in [0.2, 0.25) is 0 Å². The van der Waals surface area contributed by atoms with E-state index < -0.39 is 0 Å². The molecule has 0 atom stereocenters. The summed E-state index contributed by atoms with van der Waals surface area (Å²) in [5.41, 5.74) is 0.565. The number of hydrogen-bond donors (Lipinski definition) is 1. The van der Waals surface area contributed by atoms with E-state index in [9.17, 15) is 4.79 Å². The van der Waals surface area contributed by atoms with Gasteiger partial charge in [0.15, 0.2) is 0 Å². The predicted molar refractivity (Wildman–Crippen MR) is 72.0 cm³/mol. The van der Waals surface area contributed by atoms with Crippen molar-refractivity contribution in [2.45, 2.75) is 52.9 Å². The summed E-state index contributed by atoms with van der Waals surface area (Å²) < 4.78 is 0. The smallest absolute Gasteiger partial charge is 0.222 e. The van der Waals surface area contributed by atoms with E-state index in [4.69, 9.17) is 0 Å². The summed E-state index contributed by atoms with van der Waals surface area (Å²) in [5.74, 6) is 0.332. The first kappa shape index (κ1) is 14.5. The molecule has 2 rings (SSSR count). The van der Waals surface area contributed by atoms with E-state index in [0.717, 1.165) is 13.1 Å². The van der Waals surface area contributed by atoms with Gasteiger partial charge in [0, 0.05) is 19.5 Å². The minimum atomic E-state index is 0.332. The predicted octanol–water partition coefficient (Wildman–Crippen LogP) is 2.41. The van der Waals surface area contributed by atoms with Gasteiger partial charge < -0.3 is 10.2 Å². The molecule has 0 bridgehead atoms. The van der Waals surface area contributed by atoms with Crippen molar-refractivity contribution in [2.75, 3.05) is 26.2 Å². The van der Waals surface area contributed by atoms with Gasteiger partial charge in [-0.05, 0) is 44.2 Å². The molecule has 0 saturated carbocycles. The second kappa shape index (κ2) is 7.00. The SMILES string of the molecule is CC.CCC(=O)N1CCC2(CCNCC2)CC1. The topological polar surface area (TPSA) is 32.3 Å². The molecular weight excluding hydrogens is 212 g/mol. The molecule has 1 spiro atoms. The van der Waals surface area contributed by atoms with Gasteiger partial charge in [0.25, 0.3) is 0 Å². The Kier molecular flexibility index (Phi) is 5.96. The van der Waals surface area contributed by atoms with Crippen LogP contribution in [0, 0.1) is 5.41 Å². The van der Waals surface area contributed by atoms with E-state index in [-0.39, 0.29) is 0 Å². The average Bonchev–Trinajstić information content (AvgIpc) is 2.42. The lowest BCUT2D eigenvalue weighted by Crippen LogP contribution is -2.47. The number of nitrogens with one attached hydrogen (secondary N) is 1. The molecule has 0 aromatic carbocycles. The van der Waals surface area contributed by atoms with E-state index in [1.165, 1.54) is 38.8 Å². The van der Waals surface area contributed by atoms with Gasteiger partial charge in [0.1, 0.15) is 0 Å². The first-order valence-corrected chi connectivity index (χ1v) is 7.24. The van der Waals surface area contributed by atoms with Crippen molar-refractivity contribution in [3.05, 3.63) is 0 Å². The zero-order chi connectivity index (χ0) is 12.7. The van der Waals surface area contributed by atoms with E-state index in [1.807, 2.05) is 25.7 Å². The molecule has 3 nitrogen and oxygen atoms in total. The Labute approximate surface area is 106 Å². The zero-order valence-corrected chi connectivity index (χ0v) is 11.7. The molecule has 0 unspecified atom stereocenters. The van der Waals surface area contributed by atoms with E-state index in [1.54, 1.807) is 0 Å². The third-order valence-electron chi connectivity index (χ3n) is 4.14. The molecular formula is C14H28N2O. The van der Waals surface area contributed by atoms with Crippen molar-refractivity contribution in [1.82, 2.24) is 10.2 Å². The molecule has 0 aliphatic carbocycles. The molecule has 17 heavy (non-hydrogen) atoms. The van der Waals surface area contributed by atoms with Crippen molar-refractivity contribution < 1.29 is 4.79 Å². The molecule has 1 N–H and O–H groups in total. The molecule has 0 aromatic heterocycles. The number of likely N-dealkylation sites (tertiary alicyclic amines) is 1. The van der Waals surface area contributed by atoms with Crippen LogP contribution < -0.4 is 5.32 Å². The number of amides is 1. The summed E-state index contributed by atoms with van der Waals surface area (Å²) in [6.45, 7) is 10.3. The molecule has 2 aliphatic heterocycles. The summed E-state index contributed by atoms with van der Waals surface area (Å²) in [5, 5.41) is 3.42. The van der Waals surface area contributed by atoms with Crippen LogP contribution in [0.4, 0.5) is 0 Å². The van der Waals surface area contributed by atoms with E-state index in [0.29, 0.717) is 17.7 Å². The second-order valence-electron chi connectivity index (χ2n) is 4.98. The fourth-order valence-electron chi connectivity index (χ4n) is 2.91. The Morgan fingerprint density at radius 3 is 2.12 bits per heavy atom. The molecule has 1 amide bonds. The Hall–Kier alpha value is -0.570. The van der Waals surface area contributed by atoms with Crippen LogP contribution in [0.15, 0.2) is 0 Å². The molecule has 2 fully saturated rings. The molecule has 3 heteroatoms. The standard InChI is InChI=1S/C12H22N2O.C2H6/c1-2-11(15)14-9-5-12(6-10-14)3-7-13-8-4-12;1-2/h13H,2-10H2,1H3;1-2H3. The molecule has 2 aliphatic rings. The first-order valence-electron chi connectivity index (χ1n) is 7.24. The molecule has 100 valence electrons. The van der Waals surface area contributed by atoms with Crippen molar-refractivity contribution in [2.24, 2.45) is 5.41 Å². The largest absolute Gasteiger partial charge is 0.343 e. The number of carbonyl (C=O) groups is 1. The maximum Gasteiger partial charge on any atom is 0.222 e. The number of rotatable bonds is 1. The van der Waals surface area contributed by atoms with Gasteiger partial charge in [-0.15, -0.1) is 0 Å². The lowest BCUT2D eigenvalue weighted by atomic mass is 9.71. The maximum atomic E-state index is 11.6. The second-order valence-corrected chi connectivity index (χ2v) is 4.98. The van der Waals surface area contributed by atoms with Gasteiger partial charge >= 0.3 is 0 Å².